The van der Waals surface area contributed by atoms with Crippen LogP contribution in [-0.4, -0.2) is 35.6 Å². The summed E-state index contributed by atoms with van der Waals surface area (Å²) < 4.78 is 4.91. The average Bonchev–Trinajstić information content (AvgIpc) is 2.14. The van der Waals surface area contributed by atoms with Crippen LogP contribution in [-0.2, 0) is 4.74 Å². The van der Waals surface area contributed by atoms with Crippen molar-refractivity contribution in [1.82, 2.24) is 0 Å². The molecule has 0 radical (unpaired) electrons. The van der Waals surface area contributed by atoms with E-state index in [4.69, 9.17) is 14.9 Å². The van der Waals surface area contributed by atoms with E-state index in [-0.39, 0.29) is 12.7 Å². The molecule has 1 saturated heterocycles. The minimum Gasteiger partial charge on any atom is -0.394 e. The third kappa shape index (κ3) is 0.992. The lowest BCUT2D eigenvalue weighted by atomic mass is 10.2. The highest BCUT2D eigenvalue weighted by atomic mass is 16.5. The van der Waals surface area contributed by atoms with Gasteiger partial charge < -0.3 is 14.9 Å². The number of rotatable bonds is 1. The zero-order chi connectivity index (χ0) is 5.98. The predicted molar refractivity (Wildman–Crippen MR) is 27.4 cm³/mol. The van der Waals surface area contributed by atoms with Gasteiger partial charge in [-0.1, -0.05) is 0 Å². The molecular weight excluding hydrogens is 108 g/mol. The fraction of sp³-hybridized carbons (Fsp3) is 1.00. The van der Waals surface area contributed by atoms with Crippen molar-refractivity contribution < 1.29 is 14.9 Å². The van der Waals surface area contributed by atoms with Gasteiger partial charge in [0.25, 0.3) is 0 Å². The van der Waals surface area contributed by atoms with E-state index in [1.807, 2.05) is 0 Å². The fourth-order valence-electron chi connectivity index (χ4n) is 0.812. The van der Waals surface area contributed by atoms with Gasteiger partial charge in [0.1, 0.15) is 6.10 Å². The standard InChI is InChI=1S/C5H10O3/c6-3-5-4(7)1-2-8-5/h4-7H,1-3H2/t4-,5+/m0/s1. The van der Waals surface area contributed by atoms with Crippen molar-refractivity contribution in [1.29, 1.82) is 0 Å². The summed E-state index contributed by atoms with van der Waals surface area (Å²) in [6.45, 7) is 0.508. The highest BCUT2D eigenvalue weighted by Gasteiger charge is 2.24. The van der Waals surface area contributed by atoms with E-state index in [0.717, 1.165) is 0 Å². The van der Waals surface area contributed by atoms with Crippen LogP contribution in [0, 0.1) is 0 Å². The Morgan fingerprint density at radius 3 is 2.62 bits per heavy atom. The average molecular weight is 118 g/mol. The van der Waals surface area contributed by atoms with Crippen LogP contribution in [0.25, 0.3) is 0 Å². The summed E-state index contributed by atoms with van der Waals surface area (Å²) >= 11 is 0. The lowest BCUT2D eigenvalue weighted by Crippen LogP contribution is -2.24. The Labute approximate surface area is 47.9 Å². The molecule has 48 valence electrons. The van der Waals surface area contributed by atoms with E-state index in [2.05, 4.69) is 0 Å². The van der Waals surface area contributed by atoms with Crippen LogP contribution in [0.3, 0.4) is 0 Å². The van der Waals surface area contributed by atoms with Crippen molar-refractivity contribution in [3.63, 3.8) is 0 Å². The largest absolute Gasteiger partial charge is 0.394 e. The molecule has 0 aromatic rings. The van der Waals surface area contributed by atoms with Crippen LogP contribution in [0.2, 0.25) is 0 Å². The summed E-state index contributed by atoms with van der Waals surface area (Å²) in [6, 6.07) is 0. The van der Waals surface area contributed by atoms with E-state index < -0.39 is 6.10 Å². The summed E-state index contributed by atoms with van der Waals surface area (Å²) in [5, 5.41) is 17.4. The molecule has 1 heterocycles. The summed E-state index contributed by atoms with van der Waals surface area (Å²) in [7, 11) is 0. The van der Waals surface area contributed by atoms with Crippen molar-refractivity contribution in [3.8, 4) is 0 Å². The number of aliphatic hydroxyl groups excluding tert-OH is 2. The van der Waals surface area contributed by atoms with Crippen molar-refractivity contribution in [2.24, 2.45) is 0 Å². The maximum absolute atomic E-state index is 8.90. The smallest absolute Gasteiger partial charge is 0.106 e. The third-order valence-corrected chi connectivity index (χ3v) is 1.35. The first-order valence-electron chi connectivity index (χ1n) is 2.75. The molecule has 2 atom stereocenters. The first-order valence-corrected chi connectivity index (χ1v) is 2.75. The normalized spacial score (nSPS) is 38.2. The summed E-state index contributed by atoms with van der Waals surface area (Å²) in [5.74, 6) is 0. The Bertz CT molecular complexity index is 74.1. The van der Waals surface area contributed by atoms with Crippen LogP contribution < -0.4 is 0 Å². The van der Waals surface area contributed by atoms with E-state index >= 15 is 0 Å². The molecule has 0 spiro atoms. The van der Waals surface area contributed by atoms with Gasteiger partial charge in [-0.25, -0.2) is 0 Å². The molecule has 0 bridgehead atoms. The van der Waals surface area contributed by atoms with Crippen molar-refractivity contribution in [2.45, 2.75) is 18.6 Å². The maximum Gasteiger partial charge on any atom is 0.106 e. The Morgan fingerprint density at radius 1 is 1.62 bits per heavy atom. The van der Waals surface area contributed by atoms with E-state index in [1.54, 1.807) is 0 Å². The summed E-state index contributed by atoms with van der Waals surface area (Å²) in [6.07, 6.45) is -0.111. The minimum absolute atomic E-state index is 0.0683. The van der Waals surface area contributed by atoms with Crippen LogP contribution in [0.15, 0.2) is 0 Å². The predicted octanol–water partition coefficient (Wildman–Crippen LogP) is -0.872. The third-order valence-electron chi connectivity index (χ3n) is 1.35. The van der Waals surface area contributed by atoms with Gasteiger partial charge in [-0.05, 0) is 6.42 Å². The molecule has 0 aromatic heterocycles. The molecule has 0 unspecified atom stereocenters. The van der Waals surface area contributed by atoms with E-state index in [1.165, 1.54) is 0 Å². The van der Waals surface area contributed by atoms with Crippen LogP contribution in [0.5, 0.6) is 0 Å². The monoisotopic (exact) mass is 118 g/mol. The van der Waals surface area contributed by atoms with Gasteiger partial charge in [0.2, 0.25) is 0 Å². The highest BCUT2D eigenvalue weighted by molar-refractivity contribution is 4.73. The van der Waals surface area contributed by atoms with Crippen LogP contribution in [0.4, 0.5) is 0 Å². The Morgan fingerprint density at radius 2 is 2.38 bits per heavy atom. The molecule has 1 fully saturated rings. The van der Waals surface area contributed by atoms with Crippen LogP contribution >= 0.6 is 0 Å². The Kier molecular flexibility index (Phi) is 1.83. The minimum atomic E-state index is -0.444. The van der Waals surface area contributed by atoms with Crippen molar-refractivity contribution in [3.05, 3.63) is 0 Å². The highest BCUT2D eigenvalue weighted by Crippen LogP contribution is 2.11. The lowest BCUT2D eigenvalue weighted by molar-refractivity contribution is 0.00406. The molecule has 8 heavy (non-hydrogen) atoms. The van der Waals surface area contributed by atoms with E-state index in [9.17, 15) is 0 Å². The number of hydrogen-bond acceptors (Lipinski definition) is 3. The number of aliphatic hydroxyl groups is 2. The van der Waals surface area contributed by atoms with Crippen LogP contribution in [0.1, 0.15) is 6.42 Å². The van der Waals surface area contributed by atoms with Gasteiger partial charge >= 0.3 is 0 Å². The molecule has 3 nitrogen and oxygen atoms in total. The first-order chi connectivity index (χ1) is 3.84. The molecule has 1 aliphatic rings. The summed E-state index contributed by atoms with van der Waals surface area (Å²) in [5.41, 5.74) is 0. The maximum atomic E-state index is 8.90. The Balaban J connectivity index is 2.30. The molecule has 1 aliphatic heterocycles. The zero-order valence-electron chi connectivity index (χ0n) is 4.58. The second kappa shape index (κ2) is 2.44. The molecule has 0 aromatic carbocycles. The first kappa shape index (κ1) is 6.01. The van der Waals surface area contributed by atoms with Crippen molar-refractivity contribution in [2.75, 3.05) is 13.2 Å². The Hall–Kier alpha value is -0.120. The van der Waals surface area contributed by atoms with Gasteiger partial charge in [0, 0.05) is 6.61 Å². The molecule has 0 saturated carbocycles. The zero-order valence-corrected chi connectivity index (χ0v) is 4.58. The lowest BCUT2D eigenvalue weighted by Gasteiger charge is -2.07. The van der Waals surface area contributed by atoms with Gasteiger partial charge in [0.15, 0.2) is 0 Å². The molecule has 0 aliphatic carbocycles. The fourth-order valence-corrected chi connectivity index (χ4v) is 0.812. The quantitative estimate of drug-likeness (QED) is 0.470. The molecule has 1 rings (SSSR count). The SMILES string of the molecule is OC[C@H]1OCC[C@@H]1O. The number of hydrogen-bond donors (Lipinski definition) is 2. The molecule has 2 N–H and O–H groups in total. The molecular formula is C5H10O3. The molecule has 0 amide bonds. The van der Waals surface area contributed by atoms with Gasteiger partial charge in [0.05, 0.1) is 12.7 Å². The number of ether oxygens (including phenoxy) is 1. The van der Waals surface area contributed by atoms with Gasteiger partial charge in [-0.3, -0.25) is 0 Å². The second-order valence-electron chi connectivity index (χ2n) is 1.95. The second-order valence-corrected chi connectivity index (χ2v) is 1.95. The van der Waals surface area contributed by atoms with Gasteiger partial charge in [-0.2, -0.15) is 0 Å². The summed E-state index contributed by atoms with van der Waals surface area (Å²) in [4.78, 5) is 0. The van der Waals surface area contributed by atoms with Crippen molar-refractivity contribution >= 4 is 0 Å². The van der Waals surface area contributed by atoms with Gasteiger partial charge in [-0.15, -0.1) is 0 Å². The topological polar surface area (TPSA) is 49.7 Å². The molecule has 3 heteroatoms. The van der Waals surface area contributed by atoms with E-state index in [0.29, 0.717) is 13.0 Å².